The highest BCUT2D eigenvalue weighted by atomic mass is 31.3. The van der Waals surface area contributed by atoms with Crippen LogP contribution in [0.25, 0.3) is 45.3 Å². The molecule has 2 saturated heterocycles. The van der Waals surface area contributed by atoms with Crippen LogP contribution in [0.1, 0.15) is 79.7 Å². The molecule has 117 heavy (non-hydrogen) atoms. The van der Waals surface area contributed by atoms with Gasteiger partial charge in [-0.1, -0.05) is 36.4 Å². The molecule has 20 N–H and O–H groups in total. The molecule has 0 bridgehead atoms. The third-order valence-corrected chi connectivity index (χ3v) is 24.4. The van der Waals surface area contributed by atoms with Gasteiger partial charge in [-0.05, 0) is 86.0 Å². The van der Waals surface area contributed by atoms with E-state index in [0.29, 0.717) is 66.7 Å². The van der Waals surface area contributed by atoms with Crippen molar-refractivity contribution in [2.45, 2.75) is 108 Å². The number of unbranched alkanes of at least 4 members (excludes halogenated alkanes) is 2. The predicted molar refractivity (Wildman–Crippen MR) is 409 cm³/mol. The quantitative estimate of drug-likeness (QED) is 0.0143. The van der Waals surface area contributed by atoms with Gasteiger partial charge in [0.15, 0.2) is 22.9 Å². The summed E-state index contributed by atoms with van der Waals surface area (Å²) in [6.45, 7) is 3.84. The van der Waals surface area contributed by atoms with Gasteiger partial charge in [0.1, 0.15) is 48.4 Å². The minimum atomic E-state index is -5.79. The molecule has 0 radical (unpaired) electrons. The first kappa shape index (κ1) is 92.0. The first-order valence-corrected chi connectivity index (χ1v) is 44.1. The maximum absolute atomic E-state index is 12.6. The Bertz CT molecular complexity index is 5480. The van der Waals surface area contributed by atoms with E-state index in [9.17, 15) is 90.7 Å². The van der Waals surface area contributed by atoms with Crippen LogP contribution in [-0.2, 0) is 92.3 Å². The van der Waals surface area contributed by atoms with Crippen LogP contribution >= 0.6 is 46.9 Å². The summed E-state index contributed by atoms with van der Waals surface area (Å²) in [6, 6.07) is 12.4. The molecule has 0 aliphatic carbocycles. The predicted octanol–water partition coefficient (Wildman–Crippen LogP) is 0.732. The lowest BCUT2D eigenvalue weighted by Crippen LogP contribution is -2.36. The van der Waals surface area contributed by atoms with Gasteiger partial charge in [-0.15, -0.1) is 0 Å². The van der Waals surface area contributed by atoms with Crippen molar-refractivity contribution in [2.75, 3.05) is 69.7 Å². The molecule has 10 rings (SSSR count). The van der Waals surface area contributed by atoms with Crippen molar-refractivity contribution in [3.05, 3.63) is 150 Å². The molecule has 56 heteroatoms. The zero-order valence-electron chi connectivity index (χ0n) is 61.4. The van der Waals surface area contributed by atoms with Gasteiger partial charge in [-0.25, -0.2) is 71.7 Å². The number of nitrogens with one attached hydrogen (secondary N) is 8. The summed E-state index contributed by atoms with van der Waals surface area (Å²) in [5, 5.41) is 40.5. The third-order valence-electron chi connectivity index (χ3n) is 16.8. The Morgan fingerprint density at radius 2 is 0.991 bits per heavy atom. The minimum absolute atomic E-state index is 0.116. The van der Waals surface area contributed by atoms with Crippen molar-refractivity contribution in [1.29, 1.82) is 0 Å². The molecule has 0 saturated carbocycles. The molecule has 2 aromatic carbocycles. The Hall–Kier alpha value is -8.93. The second-order valence-corrected chi connectivity index (χ2v) is 34.3. The van der Waals surface area contributed by atoms with Crippen molar-refractivity contribution < 1.29 is 127 Å². The molecule has 0 spiro atoms. The van der Waals surface area contributed by atoms with Crippen molar-refractivity contribution in [1.82, 2.24) is 79.4 Å². The van der Waals surface area contributed by atoms with Gasteiger partial charge in [0.05, 0.1) is 49.2 Å². The van der Waals surface area contributed by atoms with Crippen LogP contribution in [0.2, 0.25) is 0 Å². The van der Waals surface area contributed by atoms with Crippen molar-refractivity contribution in [2.24, 2.45) is 5.73 Å². The molecule has 8 aromatic rings. The number of phosphoric acid groups is 6. The second kappa shape index (κ2) is 41.2. The van der Waals surface area contributed by atoms with E-state index in [0.717, 1.165) is 84.4 Å². The van der Waals surface area contributed by atoms with Crippen molar-refractivity contribution >= 4 is 122 Å². The summed E-state index contributed by atoms with van der Waals surface area (Å²) in [7, 11) is -33.8. The van der Waals surface area contributed by atoms with E-state index in [1.165, 1.54) is 34.6 Å². The van der Waals surface area contributed by atoms with Crippen LogP contribution in [0.4, 0.5) is 16.4 Å². The first-order valence-electron chi connectivity index (χ1n) is 35.1. The van der Waals surface area contributed by atoms with E-state index in [1.807, 2.05) is 19.1 Å². The minimum Gasteiger partial charge on any atom is -0.390 e. The number of amides is 4. The fraction of sp³-hybridized carbons (Fsp3) is 0.426. The van der Waals surface area contributed by atoms with Crippen LogP contribution in [0.3, 0.4) is 0 Å². The molecule has 8 heterocycles. The topological polar surface area (TPSA) is 725 Å². The van der Waals surface area contributed by atoms with Gasteiger partial charge in [0.2, 0.25) is 11.8 Å². The van der Waals surface area contributed by atoms with Gasteiger partial charge in [-0.3, -0.25) is 47.3 Å². The van der Waals surface area contributed by atoms with E-state index >= 15 is 0 Å². The molecule has 50 nitrogen and oxygen atoms in total. The monoisotopic (exact) mass is 1760 g/mol. The summed E-state index contributed by atoms with van der Waals surface area (Å²) in [4.78, 5) is 190. The molecular formula is C61H83N19O31P6. The van der Waals surface area contributed by atoms with Crippen LogP contribution in [-0.4, -0.2) is 209 Å². The normalized spacial score (nSPS) is 19.2. The molecule has 4 amide bonds. The average molecular weight is 1760 g/mol. The highest BCUT2D eigenvalue weighted by Gasteiger charge is 2.45. The Morgan fingerprint density at radius 3 is 1.45 bits per heavy atom. The number of nitrogens with zero attached hydrogens (tertiary/aromatic N) is 10. The lowest BCUT2D eigenvalue weighted by atomic mass is 9.98. The number of phosphoric ester groups is 2. The highest BCUT2D eigenvalue weighted by Crippen LogP contribution is 2.67. The first-order chi connectivity index (χ1) is 55.2. The molecule has 2 aliphatic rings. The molecule has 2 aliphatic heterocycles. The third kappa shape index (κ3) is 28.1. The number of aromatic nitrogens is 12. The SMILES string of the molecule is Cc1cccc2c(CCCNC(=O)NCCCCn3cnc4c(NCCNC(=O)/C=C/c5cn(C6CC(O)C(COP(=O)(O)OP(=O)(O)OP(=O)(O)O)O6)c(=O)[nH]c5=O)ncnc43)cccc12.NCCCCn1cnc2c(NCCNC(=O)/C=C/c3cn(C4CC(O)C(COP(=O)(O)OP(=O)(O)OP(=O)(O)O)O4)c(=O)[nH]c3=O)ncnc21. The van der Waals surface area contributed by atoms with Gasteiger partial charge >= 0.3 is 64.3 Å². The molecule has 2 fully saturated rings. The van der Waals surface area contributed by atoms with Crippen LogP contribution in [0.15, 0.2) is 105 Å². The fourth-order valence-corrected chi connectivity index (χ4v) is 17.6. The number of aliphatic hydroxyl groups is 2. The molecular weight excluding hydrogens is 1680 g/mol. The van der Waals surface area contributed by atoms with Gasteiger partial charge in [0.25, 0.3) is 11.1 Å². The summed E-state index contributed by atoms with van der Waals surface area (Å²) < 4.78 is 109. The van der Waals surface area contributed by atoms with Crippen molar-refractivity contribution in [3.8, 4) is 0 Å². The number of rotatable bonds is 41. The number of aromatic amines is 2. The number of urea groups is 1. The summed E-state index contributed by atoms with van der Waals surface area (Å²) >= 11 is 0. The average Bonchev–Trinajstić information content (AvgIpc) is 1.81. The van der Waals surface area contributed by atoms with Crippen molar-refractivity contribution in [3.63, 3.8) is 0 Å². The number of H-pyrrole nitrogens is 2. The van der Waals surface area contributed by atoms with E-state index in [1.54, 1.807) is 12.7 Å². The number of fused-ring (bicyclic) bond motifs is 3. The number of carbonyl (C=O) groups excluding carboxylic acids is 3. The number of aliphatic hydroxyl groups excluding tert-OH is 2. The number of carbonyl (C=O) groups is 3. The Labute approximate surface area is 659 Å². The molecule has 638 valence electrons. The maximum Gasteiger partial charge on any atom is 0.490 e. The van der Waals surface area contributed by atoms with Gasteiger partial charge in [0, 0.05) is 89.7 Å². The Kier molecular flexibility index (Phi) is 32.4. The smallest absolute Gasteiger partial charge is 0.390 e. The number of ether oxygens (including phenoxy) is 2. The summed E-state index contributed by atoms with van der Waals surface area (Å²) in [5.41, 5.74) is 6.39. The number of anilines is 2. The largest absolute Gasteiger partial charge is 0.490 e. The van der Waals surface area contributed by atoms with Crippen LogP contribution in [0, 0.1) is 6.92 Å². The lowest BCUT2D eigenvalue weighted by Gasteiger charge is -2.19. The number of aryl methyl sites for hydroxylation is 4. The summed E-state index contributed by atoms with van der Waals surface area (Å²) in [6.07, 6.45) is 8.43. The van der Waals surface area contributed by atoms with E-state index in [4.69, 9.17) is 34.8 Å². The maximum atomic E-state index is 12.6. The van der Waals surface area contributed by atoms with Gasteiger partial charge < -0.3 is 106 Å². The summed E-state index contributed by atoms with van der Waals surface area (Å²) in [5.74, 6) is -0.276. The molecule has 10 unspecified atom stereocenters. The number of imidazole rings is 2. The molecule has 10 atom stereocenters. The number of benzene rings is 2. The zero-order chi connectivity index (χ0) is 85.0. The van der Waals surface area contributed by atoms with Crippen LogP contribution in [0.5, 0.6) is 0 Å². The Morgan fingerprint density at radius 1 is 0.547 bits per heavy atom. The molecule has 6 aromatic heterocycles. The van der Waals surface area contributed by atoms with Gasteiger partial charge in [-0.2, -0.15) is 17.2 Å². The van der Waals surface area contributed by atoms with Crippen LogP contribution < -0.4 is 60.1 Å². The lowest BCUT2D eigenvalue weighted by molar-refractivity contribution is -0.117. The van der Waals surface area contributed by atoms with E-state index in [2.05, 4.69) is 131 Å². The second-order valence-electron chi connectivity index (χ2n) is 25.5. The van der Waals surface area contributed by atoms with E-state index < -0.39 is 131 Å². The number of nitrogens with two attached hydrogens (primary N) is 1. The zero-order valence-corrected chi connectivity index (χ0v) is 66.8. The number of hydrogen-bond acceptors (Lipinski definition) is 32. The van der Waals surface area contributed by atoms with E-state index in [-0.39, 0.29) is 56.2 Å². The standard InChI is InChI=1S/C38H49N10O16P3.C23H34N9O15P3/c1-24-7-4-11-28-25(8-5-10-27(24)28)9-6-15-42-37(52)41-14-2-3-18-47-23-45-33-34(43-22-44-35(33)47)40-17-16-39-31(50)13-12-26-20-48(38(53)46-36(26)51)32-19-29(49)30(62-32)21-61-66(57,58)64-67(59,60)63-65(54,55)56;24-5-1-2-8-31-13-29-19-20(27-12-28-21(19)31)26-7-6-25-17(34)4-3-14-10-32(23(36)30-22(14)35)18-9-15(33)16(45-18)11-44-49(40,41)47-50(42,43)46-48(37,38)39/h4-5,7-8,10-13,20,22-23,29-30,32,49H,2-3,6,9,14-19,21H2,1H3,(H,39,50)(H,57,58)(H,59,60)(H,40,43,44)(H2,41,42,52)(H,46,51,53)(H2,54,55,56);3-4,10,12-13,15-16,18,33H,1-2,5-9,11,24H2,(H,25,34)(H,40,41)(H,42,43)(H,26,27,28)(H,30,35,36)(H2,37,38,39)/b13-12+;4-3+. The fourth-order valence-electron chi connectivity index (χ4n) is 11.5. The number of hydrogen-bond donors (Lipinski definition) is 19. The Balaban J connectivity index is 0.000000279. The highest BCUT2D eigenvalue weighted by molar-refractivity contribution is 7.67.